The number of carbonyl (C=O) groups is 1. The molecule has 0 spiro atoms. The summed E-state index contributed by atoms with van der Waals surface area (Å²) in [6, 6.07) is 10.9. The largest absolute Gasteiger partial charge is 0.397 e. The van der Waals surface area contributed by atoms with E-state index in [-0.39, 0.29) is 11.9 Å². The van der Waals surface area contributed by atoms with E-state index in [9.17, 15) is 4.79 Å². The number of hydrogen-bond donors (Lipinski definition) is 1. The van der Waals surface area contributed by atoms with Gasteiger partial charge in [0.05, 0.1) is 11.9 Å². The van der Waals surface area contributed by atoms with Crippen LogP contribution in [0.25, 0.3) is 0 Å². The number of nitrogens with zero attached hydrogens (tertiary/aromatic N) is 2. The van der Waals surface area contributed by atoms with Crippen molar-refractivity contribution in [2.45, 2.75) is 26.4 Å². The molecule has 0 saturated heterocycles. The lowest BCUT2D eigenvalue weighted by atomic mass is 10.1. The van der Waals surface area contributed by atoms with Crippen molar-refractivity contribution in [1.29, 1.82) is 0 Å². The van der Waals surface area contributed by atoms with Gasteiger partial charge in [0.2, 0.25) is 0 Å². The van der Waals surface area contributed by atoms with Crippen LogP contribution in [-0.4, -0.2) is 21.8 Å². The fraction of sp³-hybridized carbons (Fsp3) is 0.250. The molecule has 1 amide bonds. The number of rotatable bonds is 4. The summed E-state index contributed by atoms with van der Waals surface area (Å²) < 4.78 is 0. The van der Waals surface area contributed by atoms with Gasteiger partial charge in [-0.15, -0.1) is 0 Å². The first-order valence-electron chi connectivity index (χ1n) is 6.74. The third kappa shape index (κ3) is 3.95. The number of nitrogens with two attached hydrogens (primary N) is 1. The van der Waals surface area contributed by atoms with Gasteiger partial charge in [-0.3, -0.25) is 4.79 Å². The van der Waals surface area contributed by atoms with E-state index in [1.165, 1.54) is 6.20 Å². The third-order valence-electron chi connectivity index (χ3n) is 3.13. The lowest BCUT2D eigenvalue weighted by Crippen LogP contribution is -2.36. The second-order valence-electron chi connectivity index (χ2n) is 5.13. The van der Waals surface area contributed by atoms with Gasteiger partial charge < -0.3 is 10.6 Å². The average Bonchev–Trinajstić information content (AvgIpc) is 2.44. The van der Waals surface area contributed by atoms with Gasteiger partial charge in [-0.25, -0.2) is 4.98 Å². The summed E-state index contributed by atoms with van der Waals surface area (Å²) >= 11 is 5.99. The smallest absolute Gasteiger partial charge is 0.272 e. The zero-order valence-electron chi connectivity index (χ0n) is 12.1. The van der Waals surface area contributed by atoms with Crippen LogP contribution >= 0.6 is 11.6 Å². The molecule has 2 rings (SSSR count). The summed E-state index contributed by atoms with van der Waals surface area (Å²) in [6.07, 6.45) is 1.49. The second-order valence-corrected chi connectivity index (χ2v) is 5.57. The summed E-state index contributed by atoms with van der Waals surface area (Å²) in [5.74, 6) is -0.120. The lowest BCUT2D eigenvalue weighted by molar-refractivity contribution is 0.0684. The van der Waals surface area contributed by atoms with Crippen LogP contribution in [0.4, 0.5) is 5.69 Å². The van der Waals surface area contributed by atoms with Gasteiger partial charge in [0.15, 0.2) is 0 Å². The molecule has 1 heterocycles. The molecule has 0 saturated carbocycles. The lowest BCUT2D eigenvalue weighted by Gasteiger charge is -2.26. The number of aromatic nitrogens is 1. The van der Waals surface area contributed by atoms with Crippen molar-refractivity contribution in [2.75, 3.05) is 5.73 Å². The maximum atomic E-state index is 12.6. The van der Waals surface area contributed by atoms with Crippen LogP contribution in [-0.2, 0) is 6.54 Å². The monoisotopic (exact) mass is 303 g/mol. The quantitative estimate of drug-likeness (QED) is 0.942. The number of nitrogen functional groups attached to an aromatic ring is 1. The number of halogens is 1. The molecular weight excluding hydrogens is 286 g/mol. The molecule has 0 fully saturated rings. The zero-order valence-corrected chi connectivity index (χ0v) is 12.8. The number of pyridine rings is 1. The van der Waals surface area contributed by atoms with Gasteiger partial charge >= 0.3 is 0 Å². The molecule has 110 valence electrons. The minimum absolute atomic E-state index is 0.0517. The first kappa shape index (κ1) is 15.3. The van der Waals surface area contributed by atoms with Crippen LogP contribution in [0.2, 0.25) is 5.02 Å². The molecule has 0 aliphatic heterocycles. The van der Waals surface area contributed by atoms with E-state index in [4.69, 9.17) is 17.3 Å². The highest BCUT2D eigenvalue weighted by atomic mass is 35.5. The molecule has 1 aromatic carbocycles. The maximum absolute atomic E-state index is 12.6. The highest BCUT2D eigenvalue weighted by Crippen LogP contribution is 2.16. The first-order chi connectivity index (χ1) is 9.97. The van der Waals surface area contributed by atoms with Gasteiger partial charge in [-0.2, -0.15) is 0 Å². The Hall–Kier alpha value is -2.07. The predicted molar refractivity (Wildman–Crippen MR) is 85.1 cm³/mol. The SMILES string of the molecule is CC(C)N(Cc1cccc(Cl)c1)C(=O)c1ccc(N)cn1. The van der Waals surface area contributed by atoms with Gasteiger partial charge in [0.25, 0.3) is 5.91 Å². The van der Waals surface area contributed by atoms with E-state index < -0.39 is 0 Å². The molecule has 0 unspecified atom stereocenters. The number of amides is 1. The summed E-state index contributed by atoms with van der Waals surface area (Å²) in [6.45, 7) is 4.43. The third-order valence-corrected chi connectivity index (χ3v) is 3.37. The summed E-state index contributed by atoms with van der Waals surface area (Å²) in [5.41, 5.74) is 7.52. The molecular formula is C16H18ClN3O. The van der Waals surface area contributed by atoms with Crippen LogP contribution < -0.4 is 5.73 Å². The molecule has 5 heteroatoms. The fourth-order valence-corrected chi connectivity index (χ4v) is 2.21. The van der Waals surface area contributed by atoms with Gasteiger partial charge in [0.1, 0.15) is 5.69 Å². The Bertz CT molecular complexity index is 626. The van der Waals surface area contributed by atoms with Crippen molar-refractivity contribution >= 4 is 23.2 Å². The van der Waals surface area contributed by atoms with Crippen LogP contribution in [0, 0.1) is 0 Å². The van der Waals surface area contributed by atoms with Gasteiger partial charge in [0, 0.05) is 17.6 Å². The molecule has 0 aliphatic carbocycles. The van der Waals surface area contributed by atoms with Gasteiger partial charge in [-0.1, -0.05) is 23.7 Å². The number of anilines is 1. The molecule has 2 aromatic rings. The molecule has 0 bridgehead atoms. The summed E-state index contributed by atoms with van der Waals surface area (Å²) in [4.78, 5) is 18.4. The Labute approximate surface area is 129 Å². The minimum atomic E-state index is -0.120. The van der Waals surface area contributed by atoms with Crippen molar-refractivity contribution in [2.24, 2.45) is 0 Å². The Balaban J connectivity index is 2.22. The van der Waals surface area contributed by atoms with E-state index in [1.807, 2.05) is 38.1 Å². The van der Waals surface area contributed by atoms with E-state index in [0.29, 0.717) is 22.9 Å². The predicted octanol–water partition coefficient (Wildman–Crippen LogP) is 3.37. The van der Waals surface area contributed by atoms with Crippen LogP contribution in [0.1, 0.15) is 29.9 Å². The fourth-order valence-electron chi connectivity index (χ4n) is 2.00. The Morgan fingerprint density at radius 3 is 2.67 bits per heavy atom. The standard InChI is InChI=1S/C16H18ClN3O/c1-11(2)20(10-12-4-3-5-13(17)8-12)16(21)15-7-6-14(18)9-19-15/h3-9,11H,10,18H2,1-2H3. The van der Waals surface area contributed by atoms with Crippen molar-refractivity contribution in [3.63, 3.8) is 0 Å². The number of carbonyl (C=O) groups excluding carboxylic acids is 1. The number of hydrogen-bond acceptors (Lipinski definition) is 3. The molecule has 0 radical (unpaired) electrons. The van der Waals surface area contributed by atoms with E-state index in [2.05, 4.69) is 4.98 Å². The van der Waals surface area contributed by atoms with Crippen molar-refractivity contribution < 1.29 is 4.79 Å². The highest BCUT2D eigenvalue weighted by molar-refractivity contribution is 6.30. The topological polar surface area (TPSA) is 59.2 Å². The molecule has 0 atom stereocenters. The van der Waals surface area contributed by atoms with Gasteiger partial charge in [-0.05, 0) is 43.7 Å². The van der Waals surface area contributed by atoms with Crippen LogP contribution in [0.15, 0.2) is 42.6 Å². The van der Waals surface area contributed by atoms with Crippen molar-refractivity contribution in [1.82, 2.24) is 9.88 Å². The number of benzene rings is 1. The van der Waals surface area contributed by atoms with Crippen LogP contribution in [0.3, 0.4) is 0 Å². The van der Waals surface area contributed by atoms with E-state index in [0.717, 1.165) is 5.56 Å². The molecule has 1 aromatic heterocycles. The highest BCUT2D eigenvalue weighted by Gasteiger charge is 2.20. The average molecular weight is 304 g/mol. The molecule has 4 nitrogen and oxygen atoms in total. The second kappa shape index (κ2) is 6.59. The maximum Gasteiger partial charge on any atom is 0.272 e. The Kier molecular flexibility index (Phi) is 4.81. The van der Waals surface area contributed by atoms with E-state index >= 15 is 0 Å². The van der Waals surface area contributed by atoms with Crippen LogP contribution in [0.5, 0.6) is 0 Å². The van der Waals surface area contributed by atoms with Crippen molar-refractivity contribution in [3.05, 3.63) is 58.9 Å². The van der Waals surface area contributed by atoms with E-state index in [1.54, 1.807) is 17.0 Å². The Morgan fingerprint density at radius 2 is 2.10 bits per heavy atom. The minimum Gasteiger partial charge on any atom is -0.397 e. The summed E-state index contributed by atoms with van der Waals surface area (Å²) in [5, 5.41) is 0.661. The Morgan fingerprint density at radius 1 is 1.33 bits per heavy atom. The first-order valence-corrected chi connectivity index (χ1v) is 7.12. The normalized spacial score (nSPS) is 10.7. The molecule has 0 aliphatic rings. The molecule has 21 heavy (non-hydrogen) atoms. The molecule has 2 N–H and O–H groups in total. The van der Waals surface area contributed by atoms with Crippen molar-refractivity contribution in [3.8, 4) is 0 Å². The zero-order chi connectivity index (χ0) is 15.4. The summed E-state index contributed by atoms with van der Waals surface area (Å²) in [7, 11) is 0.